The molecule has 0 N–H and O–H groups in total. The minimum absolute atomic E-state index is 0.0181. The third-order valence-electron chi connectivity index (χ3n) is 6.09. The number of aromatic nitrogens is 2. The molecule has 0 radical (unpaired) electrons. The zero-order valence-corrected chi connectivity index (χ0v) is 19.3. The summed E-state index contributed by atoms with van der Waals surface area (Å²) in [5.41, 5.74) is 6.70. The van der Waals surface area contributed by atoms with Crippen LogP contribution >= 0.6 is 11.3 Å². The first-order valence-corrected chi connectivity index (χ1v) is 11.2. The highest BCUT2D eigenvalue weighted by atomic mass is 32.1. The van der Waals surface area contributed by atoms with Crippen molar-refractivity contribution < 1.29 is 4.57 Å². The molecule has 3 aromatic carbocycles. The van der Waals surface area contributed by atoms with Gasteiger partial charge in [0.25, 0.3) is 6.33 Å². The van der Waals surface area contributed by atoms with Crippen LogP contribution in [0.4, 0.5) is 5.69 Å². The van der Waals surface area contributed by atoms with Crippen molar-refractivity contribution >= 4 is 48.1 Å². The summed E-state index contributed by atoms with van der Waals surface area (Å²) in [6.07, 6.45) is 1.90. The SMILES string of the molecule is [C-]#[N+]c1cccc2c1sc1c(-c3cc(C(C)(C)C)c4ccccc4c3C)[n+](C)cnc12. The average molecular weight is 423 g/mol. The van der Waals surface area contributed by atoms with Crippen molar-refractivity contribution in [1.82, 2.24) is 4.98 Å². The van der Waals surface area contributed by atoms with E-state index in [2.05, 4.69) is 80.6 Å². The molecule has 0 aliphatic rings. The number of thiophene rings is 1. The summed E-state index contributed by atoms with van der Waals surface area (Å²) in [5, 5.41) is 3.67. The molecule has 3 nitrogen and oxygen atoms in total. The van der Waals surface area contributed by atoms with Crippen LogP contribution in [0.2, 0.25) is 0 Å². The molecule has 4 heteroatoms. The Morgan fingerprint density at radius 2 is 1.68 bits per heavy atom. The zero-order valence-electron chi connectivity index (χ0n) is 18.4. The lowest BCUT2D eigenvalue weighted by molar-refractivity contribution is -0.662. The lowest BCUT2D eigenvalue weighted by atomic mass is 9.80. The fraction of sp³-hybridized carbons (Fsp3) is 0.222. The minimum atomic E-state index is 0.0181. The number of aryl methyl sites for hydroxylation is 2. The topological polar surface area (TPSA) is 21.1 Å². The molecule has 0 unspecified atom stereocenters. The Morgan fingerprint density at radius 3 is 2.39 bits per heavy atom. The number of benzene rings is 3. The van der Waals surface area contributed by atoms with E-state index in [1.807, 2.05) is 18.5 Å². The van der Waals surface area contributed by atoms with Gasteiger partial charge in [0.05, 0.1) is 13.6 Å². The molecule has 0 bridgehead atoms. The summed E-state index contributed by atoms with van der Waals surface area (Å²) < 4.78 is 4.27. The quantitative estimate of drug-likeness (QED) is 0.206. The minimum Gasteiger partial charge on any atom is -0.237 e. The number of nitrogens with zero attached hydrogens (tertiary/aromatic N) is 3. The van der Waals surface area contributed by atoms with E-state index in [-0.39, 0.29) is 5.41 Å². The van der Waals surface area contributed by atoms with Crippen molar-refractivity contribution in [2.75, 3.05) is 0 Å². The molecule has 0 amide bonds. The Hall–Kier alpha value is -3.29. The molecular formula is C27H24N3S+. The molecule has 5 aromatic rings. The van der Waals surface area contributed by atoms with Crippen molar-refractivity contribution in [2.24, 2.45) is 7.05 Å². The summed E-state index contributed by atoms with van der Waals surface area (Å²) in [5.74, 6) is 0. The molecule has 0 saturated carbocycles. The molecule has 0 aliphatic heterocycles. The van der Waals surface area contributed by atoms with Gasteiger partial charge in [-0.1, -0.05) is 63.2 Å². The van der Waals surface area contributed by atoms with Gasteiger partial charge in [0.2, 0.25) is 11.2 Å². The standard InChI is InChI=1S/C27H24N3S/c1-16-17-10-7-8-11-18(17)21(27(2,3)4)14-20(16)24-26-23(29-15-30(24)6)19-12-9-13-22(28-5)25(19)31-26/h7-15H,1-4,6H3/q+1. The van der Waals surface area contributed by atoms with Gasteiger partial charge in [0.1, 0.15) is 4.70 Å². The number of hydrogen-bond donors (Lipinski definition) is 0. The fourth-order valence-electron chi connectivity index (χ4n) is 4.53. The van der Waals surface area contributed by atoms with Crippen molar-refractivity contribution in [3.8, 4) is 11.3 Å². The Balaban J connectivity index is 1.96. The van der Waals surface area contributed by atoms with E-state index < -0.39 is 0 Å². The maximum absolute atomic E-state index is 7.59. The maximum Gasteiger partial charge on any atom is 0.287 e. The fourth-order valence-corrected chi connectivity index (χ4v) is 5.84. The van der Waals surface area contributed by atoms with E-state index in [9.17, 15) is 0 Å². The third-order valence-corrected chi connectivity index (χ3v) is 7.32. The first-order chi connectivity index (χ1) is 14.8. The van der Waals surface area contributed by atoms with Crippen LogP contribution in [-0.4, -0.2) is 4.98 Å². The van der Waals surface area contributed by atoms with Crippen molar-refractivity contribution in [3.05, 3.63) is 77.4 Å². The molecule has 2 aromatic heterocycles. The molecular weight excluding hydrogens is 398 g/mol. The maximum atomic E-state index is 7.59. The summed E-state index contributed by atoms with van der Waals surface area (Å²) in [6.45, 7) is 16.6. The number of hydrogen-bond acceptors (Lipinski definition) is 2. The van der Waals surface area contributed by atoms with Gasteiger partial charge in [-0.3, -0.25) is 0 Å². The van der Waals surface area contributed by atoms with E-state index in [0.717, 1.165) is 26.0 Å². The Labute approximate surface area is 186 Å². The van der Waals surface area contributed by atoms with Gasteiger partial charge in [0.15, 0.2) is 5.69 Å². The second kappa shape index (κ2) is 6.87. The third kappa shape index (κ3) is 2.92. The highest BCUT2D eigenvalue weighted by Crippen LogP contribution is 2.44. The molecule has 0 spiro atoms. The molecule has 0 aliphatic carbocycles. The molecule has 0 fully saturated rings. The predicted molar refractivity (Wildman–Crippen MR) is 131 cm³/mol. The normalized spacial score (nSPS) is 12.0. The first-order valence-electron chi connectivity index (χ1n) is 10.4. The zero-order chi connectivity index (χ0) is 21.9. The van der Waals surface area contributed by atoms with Gasteiger partial charge >= 0.3 is 0 Å². The molecule has 31 heavy (non-hydrogen) atoms. The summed E-state index contributed by atoms with van der Waals surface area (Å²) in [4.78, 5) is 8.51. The summed E-state index contributed by atoms with van der Waals surface area (Å²) in [7, 11) is 2.06. The molecule has 0 saturated heterocycles. The number of fused-ring (bicyclic) bond motifs is 4. The summed E-state index contributed by atoms with van der Waals surface area (Å²) >= 11 is 1.68. The second-order valence-corrected chi connectivity index (χ2v) is 10.2. The Morgan fingerprint density at radius 1 is 0.968 bits per heavy atom. The van der Waals surface area contributed by atoms with Crippen LogP contribution in [0.25, 0.3) is 47.2 Å². The summed E-state index contributed by atoms with van der Waals surface area (Å²) in [6, 6.07) is 17.0. The van der Waals surface area contributed by atoms with Gasteiger partial charge in [-0.05, 0) is 45.3 Å². The Kier molecular flexibility index (Phi) is 4.35. The van der Waals surface area contributed by atoms with E-state index >= 15 is 0 Å². The molecule has 2 heterocycles. The van der Waals surface area contributed by atoms with E-state index in [0.29, 0.717) is 5.69 Å². The van der Waals surface area contributed by atoms with Gasteiger partial charge in [-0.25, -0.2) is 9.41 Å². The van der Waals surface area contributed by atoms with Gasteiger partial charge < -0.3 is 0 Å². The van der Waals surface area contributed by atoms with Crippen LogP contribution in [0, 0.1) is 13.5 Å². The van der Waals surface area contributed by atoms with Crippen molar-refractivity contribution in [2.45, 2.75) is 33.1 Å². The lowest BCUT2D eigenvalue weighted by Crippen LogP contribution is -2.31. The highest BCUT2D eigenvalue weighted by Gasteiger charge is 2.26. The number of rotatable bonds is 1. The smallest absolute Gasteiger partial charge is 0.237 e. The van der Waals surface area contributed by atoms with E-state index in [1.54, 1.807) is 11.3 Å². The highest BCUT2D eigenvalue weighted by molar-refractivity contribution is 7.26. The van der Waals surface area contributed by atoms with E-state index in [4.69, 9.17) is 11.6 Å². The van der Waals surface area contributed by atoms with Gasteiger partial charge in [-0.15, -0.1) is 11.3 Å². The average Bonchev–Trinajstić information content (AvgIpc) is 3.12. The van der Waals surface area contributed by atoms with E-state index in [1.165, 1.54) is 27.5 Å². The largest absolute Gasteiger partial charge is 0.287 e. The van der Waals surface area contributed by atoms with Crippen LogP contribution in [0.3, 0.4) is 0 Å². The van der Waals surface area contributed by atoms with Crippen LogP contribution < -0.4 is 4.57 Å². The van der Waals surface area contributed by atoms with Crippen molar-refractivity contribution in [1.29, 1.82) is 0 Å². The monoisotopic (exact) mass is 422 g/mol. The van der Waals surface area contributed by atoms with Crippen LogP contribution in [0.15, 0.2) is 54.9 Å². The van der Waals surface area contributed by atoms with Crippen LogP contribution in [0.5, 0.6) is 0 Å². The molecule has 152 valence electrons. The van der Waals surface area contributed by atoms with Gasteiger partial charge in [-0.2, -0.15) is 0 Å². The van der Waals surface area contributed by atoms with Crippen LogP contribution in [0.1, 0.15) is 31.9 Å². The Bertz CT molecular complexity index is 1550. The lowest BCUT2D eigenvalue weighted by Gasteiger charge is -2.24. The van der Waals surface area contributed by atoms with Crippen LogP contribution in [-0.2, 0) is 12.5 Å². The van der Waals surface area contributed by atoms with Gasteiger partial charge in [0, 0.05) is 15.6 Å². The van der Waals surface area contributed by atoms with Crippen molar-refractivity contribution in [3.63, 3.8) is 0 Å². The molecule has 0 atom stereocenters. The predicted octanol–water partition coefficient (Wildman–Crippen LogP) is 7.25. The molecule has 5 rings (SSSR count). The second-order valence-electron chi connectivity index (χ2n) is 9.14. The first kappa shape index (κ1) is 19.7.